The number of hydrogen-bond donors (Lipinski definition) is 3. The molecule has 0 bridgehead atoms. The smallest absolute Gasteiger partial charge is 0.352 e. The number of nitrogens with one attached hydrogen (secondary N) is 1. The highest BCUT2D eigenvalue weighted by Crippen LogP contribution is 2.41. The van der Waals surface area contributed by atoms with Gasteiger partial charge in [0.05, 0.1) is 30.0 Å². The monoisotopic (exact) mass is 789 g/mol. The van der Waals surface area contributed by atoms with Crippen molar-refractivity contribution < 1.29 is 33.3 Å². The van der Waals surface area contributed by atoms with Gasteiger partial charge in [-0.25, -0.2) is 23.4 Å². The van der Waals surface area contributed by atoms with E-state index in [-0.39, 0.29) is 50.4 Å². The van der Waals surface area contributed by atoms with Gasteiger partial charge in [0.25, 0.3) is 11.8 Å². The lowest BCUT2D eigenvalue weighted by atomic mass is 10.0. The number of rotatable bonds is 11. The second-order valence-electron chi connectivity index (χ2n) is 12.2. The zero-order valence-corrected chi connectivity index (χ0v) is 30.7. The lowest BCUT2D eigenvalue weighted by Gasteiger charge is -2.49. The Bertz CT molecular complexity index is 2150. The van der Waals surface area contributed by atoms with Crippen molar-refractivity contribution in [3.63, 3.8) is 0 Å². The van der Waals surface area contributed by atoms with Gasteiger partial charge < -0.3 is 21.0 Å². The van der Waals surface area contributed by atoms with E-state index in [0.29, 0.717) is 22.3 Å². The molecule has 0 aliphatic carbocycles. The maximum absolute atomic E-state index is 15.3. The molecule has 2 atom stereocenters. The highest BCUT2D eigenvalue weighted by Gasteiger charge is 2.54. The lowest BCUT2D eigenvalue weighted by molar-refractivity contribution is -0.662. The maximum Gasteiger partial charge on any atom is 0.352 e. The number of hydrogen-bond acceptors (Lipinski definition) is 11. The van der Waals surface area contributed by atoms with Gasteiger partial charge in [-0.2, -0.15) is 5.10 Å². The zero-order chi connectivity index (χ0) is 36.7. The SMILES string of the molecule is CO/N=C(\C(=O)N[C@@H]1C(=O)N2C(C(=O)O)=C(Cn3ccc4n3cc[n+]4Cc3c(F)cc(C=NN4CCCCC4)cc3Cl)CS[C@H]12)c1nc(N)sc1Cl. The number of carboxylic acids is 1. The summed E-state index contributed by atoms with van der Waals surface area (Å²) in [5, 5.41) is 22.8. The van der Waals surface area contributed by atoms with Gasteiger partial charge in [-0.15, -0.1) is 16.3 Å². The number of aromatic nitrogens is 4. The van der Waals surface area contributed by atoms with E-state index in [2.05, 4.69) is 20.6 Å². The number of anilines is 1. The number of β-lactam (4-membered cyclic amide) rings is 1. The van der Waals surface area contributed by atoms with Crippen LogP contribution in [0, 0.1) is 5.82 Å². The average molecular weight is 791 g/mol. The molecular formula is C32H32Cl2FN10O5S2+. The molecule has 0 saturated carbocycles. The van der Waals surface area contributed by atoms with Crippen LogP contribution in [0.1, 0.15) is 36.1 Å². The first-order valence-corrected chi connectivity index (χ1v) is 18.7. The molecular weight excluding hydrogens is 758 g/mol. The largest absolute Gasteiger partial charge is 0.477 e. The summed E-state index contributed by atoms with van der Waals surface area (Å²) in [6.45, 7) is 2.06. The van der Waals surface area contributed by atoms with Crippen LogP contribution in [0.15, 0.2) is 58.3 Å². The molecule has 2 saturated heterocycles. The molecule has 0 radical (unpaired) electrons. The molecule has 3 aliphatic rings. The molecule has 3 aliphatic heterocycles. The van der Waals surface area contributed by atoms with Crippen molar-refractivity contribution in [3.05, 3.63) is 80.1 Å². The van der Waals surface area contributed by atoms with Crippen LogP contribution in [-0.2, 0) is 32.3 Å². The molecule has 1 aromatic carbocycles. The second-order valence-corrected chi connectivity index (χ2v) is 15.3. The minimum Gasteiger partial charge on any atom is -0.477 e. The van der Waals surface area contributed by atoms with Crippen molar-refractivity contribution in [2.75, 3.05) is 31.7 Å². The Hall–Kier alpha value is -4.65. The number of fused-ring (bicyclic) bond motifs is 2. The van der Waals surface area contributed by atoms with Gasteiger partial charge in [-0.3, -0.25) is 19.5 Å². The van der Waals surface area contributed by atoms with E-state index in [1.807, 2.05) is 20.2 Å². The van der Waals surface area contributed by atoms with Gasteiger partial charge in [-0.05, 0) is 42.5 Å². The number of nitrogens with two attached hydrogens (primary N) is 1. The third-order valence-electron chi connectivity index (χ3n) is 8.90. The molecule has 7 rings (SSSR count). The first-order chi connectivity index (χ1) is 25.0. The number of thiazole rings is 1. The normalized spacial score (nSPS) is 19.4. The molecule has 2 amide bonds. The van der Waals surface area contributed by atoms with Gasteiger partial charge in [0, 0.05) is 24.4 Å². The Kier molecular flexibility index (Phi) is 10.1. The van der Waals surface area contributed by atoms with Crippen LogP contribution < -0.4 is 15.6 Å². The van der Waals surface area contributed by atoms with Crippen molar-refractivity contribution in [2.45, 2.75) is 43.8 Å². The Balaban J connectivity index is 1.06. The summed E-state index contributed by atoms with van der Waals surface area (Å²) in [4.78, 5) is 49.1. The molecule has 272 valence electrons. The molecule has 15 nitrogen and oxygen atoms in total. The van der Waals surface area contributed by atoms with Crippen molar-refractivity contribution in [3.8, 4) is 0 Å². The highest BCUT2D eigenvalue weighted by molar-refractivity contribution is 8.00. The van der Waals surface area contributed by atoms with E-state index in [1.165, 1.54) is 36.3 Å². The van der Waals surface area contributed by atoms with Crippen LogP contribution in [0.4, 0.5) is 9.52 Å². The van der Waals surface area contributed by atoms with Crippen molar-refractivity contribution in [1.29, 1.82) is 0 Å². The summed E-state index contributed by atoms with van der Waals surface area (Å²) < 4.78 is 20.9. The number of piperidine rings is 1. The first kappa shape index (κ1) is 35.7. The van der Waals surface area contributed by atoms with Gasteiger partial charge in [-0.1, -0.05) is 39.7 Å². The van der Waals surface area contributed by atoms with E-state index in [0.717, 1.165) is 37.3 Å². The third-order valence-corrected chi connectivity index (χ3v) is 11.7. The van der Waals surface area contributed by atoms with E-state index in [1.54, 1.807) is 35.6 Å². The van der Waals surface area contributed by atoms with Crippen LogP contribution in [0.3, 0.4) is 0 Å². The number of aliphatic carboxylic acids is 1. The third kappa shape index (κ3) is 6.82. The fourth-order valence-corrected chi connectivity index (χ4v) is 8.96. The molecule has 3 aromatic heterocycles. The van der Waals surface area contributed by atoms with Crippen LogP contribution in [0.5, 0.6) is 0 Å². The minimum atomic E-state index is -1.27. The Morgan fingerprint density at radius 2 is 2.04 bits per heavy atom. The summed E-state index contributed by atoms with van der Waals surface area (Å²) in [5.74, 6) is -2.83. The van der Waals surface area contributed by atoms with Crippen LogP contribution in [-0.4, -0.2) is 96.3 Å². The number of carbonyl (C=O) groups excluding carboxylic acids is 2. The number of benzene rings is 1. The molecule has 4 aromatic rings. The fraction of sp³-hybridized carbons (Fsp3) is 0.344. The number of halogens is 3. The summed E-state index contributed by atoms with van der Waals surface area (Å²) >= 11 is 15.0. The predicted molar refractivity (Wildman–Crippen MR) is 194 cm³/mol. The highest BCUT2D eigenvalue weighted by atomic mass is 35.5. The van der Waals surface area contributed by atoms with Crippen LogP contribution in [0.25, 0.3) is 5.65 Å². The standard InChI is InChI=1S/C32H31Cl2FN10O5S2/c1-50-40-24(23-27(34)52-32(36)39-23)28(46)38-25-29(47)45-26(31(48)49)18(16-51-30(25)45)14-43-8-5-22-41(9-10-44(22)43)15-19-20(33)11-17(12-21(19)35)13-37-42-6-3-2-4-7-42/h5,8-13,25,30H,2-4,6-7,14-16H2,1H3,(H3-,36,38,39,46,48,49)/p+1/b37-13?,40-24-/t25-,30-/m1/s1. The number of nitrogen functional groups attached to an aromatic ring is 1. The number of imidazole rings is 1. The minimum absolute atomic E-state index is 0.000835. The Morgan fingerprint density at radius 3 is 2.73 bits per heavy atom. The van der Waals surface area contributed by atoms with E-state index in [4.69, 9.17) is 33.8 Å². The summed E-state index contributed by atoms with van der Waals surface area (Å²) in [6.07, 6.45) is 10.3. The molecule has 0 unspecified atom stereocenters. The average Bonchev–Trinajstić information content (AvgIpc) is 3.81. The molecule has 52 heavy (non-hydrogen) atoms. The first-order valence-electron chi connectivity index (χ1n) is 16.1. The Labute approximate surface area is 314 Å². The van der Waals surface area contributed by atoms with Gasteiger partial charge >= 0.3 is 11.6 Å². The summed E-state index contributed by atoms with van der Waals surface area (Å²) in [5.41, 5.74) is 7.40. The zero-order valence-electron chi connectivity index (χ0n) is 27.5. The van der Waals surface area contributed by atoms with E-state index in [9.17, 15) is 19.5 Å². The molecule has 4 N–H and O–H groups in total. The number of carboxylic acid groups (broad SMARTS) is 1. The van der Waals surface area contributed by atoms with E-state index >= 15 is 4.39 Å². The number of thioether (sulfide) groups is 1. The molecule has 6 heterocycles. The Morgan fingerprint density at radius 1 is 1.25 bits per heavy atom. The second kappa shape index (κ2) is 14.8. The van der Waals surface area contributed by atoms with Crippen LogP contribution >= 0.6 is 46.3 Å². The van der Waals surface area contributed by atoms with Crippen LogP contribution in [0.2, 0.25) is 9.36 Å². The number of oxime groups is 1. The van der Waals surface area contributed by atoms with Gasteiger partial charge in [0.15, 0.2) is 17.0 Å². The number of amides is 2. The number of nitrogens with zero attached hydrogens (tertiary/aromatic N) is 8. The predicted octanol–water partition coefficient (Wildman–Crippen LogP) is 3.17. The van der Waals surface area contributed by atoms with Crippen molar-refractivity contribution in [2.24, 2.45) is 10.3 Å². The molecule has 20 heteroatoms. The number of hydrazone groups is 1. The van der Waals surface area contributed by atoms with Gasteiger partial charge in [0.1, 0.15) is 52.8 Å². The lowest BCUT2D eigenvalue weighted by Crippen LogP contribution is -2.71. The number of carbonyl (C=O) groups is 3. The van der Waals surface area contributed by atoms with Crippen molar-refractivity contribution in [1.82, 2.24) is 29.4 Å². The molecule has 2 fully saturated rings. The quantitative estimate of drug-likeness (QED) is 0.0892. The van der Waals surface area contributed by atoms with Gasteiger partial charge in [0.2, 0.25) is 0 Å². The summed E-state index contributed by atoms with van der Waals surface area (Å²) in [6, 6.07) is 3.92. The summed E-state index contributed by atoms with van der Waals surface area (Å²) in [7, 11) is 1.24. The fourth-order valence-electron chi connectivity index (χ4n) is 6.42. The molecule has 0 spiro atoms. The maximum atomic E-state index is 15.3. The topological polar surface area (TPSA) is 176 Å². The van der Waals surface area contributed by atoms with E-state index < -0.39 is 35.0 Å². The van der Waals surface area contributed by atoms with Crippen molar-refractivity contribution >= 4 is 86.8 Å².